The van der Waals surface area contributed by atoms with E-state index >= 15 is 0 Å². The second-order valence-corrected chi connectivity index (χ2v) is 10.3. The fraction of sp³-hybridized carbons (Fsp3) is 1.00. The number of thioether (sulfide) groups is 1. The average molecular weight is 353 g/mol. The number of aliphatic hydroxyl groups is 1. The van der Waals surface area contributed by atoms with E-state index in [0.29, 0.717) is 5.92 Å². The molecular weight excluding hydrogens is 312 g/mol. The molecule has 0 aromatic heterocycles. The van der Waals surface area contributed by atoms with Crippen LogP contribution in [0.1, 0.15) is 97.3 Å². The lowest BCUT2D eigenvalue weighted by Gasteiger charge is -2.46. The number of hydrogen-bond acceptors (Lipinski definition) is 2. The molecule has 0 spiro atoms. The highest BCUT2D eigenvalue weighted by Crippen LogP contribution is 2.54. The van der Waals surface area contributed by atoms with Gasteiger partial charge in [-0.15, -0.1) is 0 Å². The van der Waals surface area contributed by atoms with Gasteiger partial charge in [0.1, 0.15) is 0 Å². The minimum Gasteiger partial charge on any atom is -0.392 e. The molecule has 2 heteroatoms. The lowest BCUT2D eigenvalue weighted by Crippen LogP contribution is -2.47. The van der Waals surface area contributed by atoms with E-state index in [4.69, 9.17) is 0 Å². The molecule has 24 heavy (non-hydrogen) atoms. The molecule has 140 valence electrons. The van der Waals surface area contributed by atoms with E-state index in [0.717, 1.165) is 17.1 Å². The molecule has 2 unspecified atom stereocenters. The van der Waals surface area contributed by atoms with Crippen LogP contribution in [0.15, 0.2) is 0 Å². The third-order valence-electron chi connectivity index (χ3n) is 7.75. The predicted octanol–water partition coefficient (Wildman–Crippen LogP) is 6.44. The number of fused-ring (bicyclic) bond motifs is 1. The molecule has 1 aliphatic heterocycles. The Morgan fingerprint density at radius 3 is 2.38 bits per heavy atom. The first-order valence-corrected chi connectivity index (χ1v) is 12.1. The smallest absolute Gasteiger partial charge is 0.0638 e. The number of aliphatic hydroxyl groups excluding tert-OH is 1. The average Bonchev–Trinajstić information content (AvgIpc) is 2.76. The maximum Gasteiger partial charge on any atom is 0.0638 e. The normalized spacial score (nSPS) is 41.6. The van der Waals surface area contributed by atoms with Crippen molar-refractivity contribution in [2.45, 2.75) is 109 Å². The second-order valence-electron chi connectivity index (χ2n) is 9.04. The summed E-state index contributed by atoms with van der Waals surface area (Å²) in [6.45, 7) is 4.66. The first-order valence-electron chi connectivity index (χ1n) is 11.0. The summed E-state index contributed by atoms with van der Waals surface area (Å²) in [5, 5.41) is 12.6. The number of hydrogen-bond donors (Lipinski definition) is 1. The van der Waals surface area contributed by atoms with E-state index in [-0.39, 0.29) is 11.5 Å². The van der Waals surface area contributed by atoms with E-state index in [9.17, 15) is 5.11 Å². The molecule has 2 aliphatic carbocycles. The Balaban J connectivity index is 1.88. The Kier molecular flexibility index (Phi) is 7.00. The van der Waals surface area contributed by atoms with Gasteiger partial charge in [0.15, 0.2) is 0 Å². The molecule has 5 atom stereocenters. The quantitative estimate of drug-likeness (QED) is 0.614. The first-order chi connectivity index (χ1) is 11.7. The summed E-state index contributed by atoms with van der Waals surface area (Å²) in [7, 11) is 0. The molecule has 0 amide bonds. The van der Waals surface area contributed by atoms with Gasteiger partial charge in [-0.3, -0.25) is 0 Å². The fourth-order valence-corrected chi connectivity index (χ4v) is 8.10. The number of rotatable bonds is 5. The molecule has 2 saturated carbocycles. The number of unbranched alkanes of at least 4 members (excludes halogenated alkanes) is 1. The Hall–Kier alpha value is 0.310. The van der Waals surface area contributed by atoms with Gasteiger partial charge in [0, 0.05) is 16.4 Å². The van der Waals surface area contributed by atoms with Crippen LogP contribution in [0.3, 0.4) is 0 Å². The van der Waals surface area contributed by atoms with Crippen molar-refractivity contribution in [1.29, 1.82) is 0 Å². The van der Waals surface area contributed by atoms with Crippen LogP contribution in [-0.2, 0) is 0 Å². The molecule has 1 saturated heterocycles. The van der Waals surface area contributed by atoms with E-state index in [1.807, 2.05) is 0 Å². The molecule has 0 bridgehead atoms. The maximum absolute atomic E-state index is 11.8. The van der Waals surface area contributed by atoms with Crippen molar-refractivity contribution in [2.24, 2.45) is 23.2 Å². The van der Waals surface area contributed by atoms with E-state index in [2.05, 4.69) is 25.6 Å². The summed E-state index contributed by atoms with van der Waals surface area (Å²) < 4.78 is 0. The second kappa shape index (κ2) is 8.80. The van der Waals surface area contributed by atoms with Crippen molar-refractivity contribution in [3.8, 4) is 0 Å². The van der Waals surface area contributed by atoms with Crippen LogP contribution in [-0.4, -0.2) is 22.2 Å². The summed E-state index contributed by atoms with van der Waals surface area (Å²) in [6.07, 6.45) is 17.6. The molecule has 3 fully saturated rings. The first kappa shape index (κ1) is 19.1. The van der Waals surface area contributed by atoms with Crippen molar-refractivity contribution >= 4 is 11.8 Å². The predicted molar refractivity (Wildman–Crippen MR) is 107 cm³/mol. The van der Waals surface area contributed by atoms with Crippen LogP contribution in [0.25, 0.3) is 0 Å². The minimum absolute atomic E-state index is 0.0438. The zero-order valence-electron chi connectivity index (χ0n) is 16.1. The van der Waals surface area contributed by atoms with Crippen LogP contribution in [0.2, 0.25) is 0 Å². The Labute approximate surface area is 154 Å². The molecule has 0 aromatic rings. The molecule has 0 aromatic carbocycles. The van der Waals surface area contributed by atoms with Crippen LogP contribution in [0.5, 0.6) is 0 Å². The van der Waals surface area contributed by atoms with Gasteiger partial charge in [-0.05, 0) is 43.4 Å². The monoisotopic (exact) mass is 352 g/mol. The summed E-state index contributed by atoms with van der Waals surface area (Å²) in [5.41, 5.74) is 0.195. The Morgan fingerprint density at radius 2 is 1.67 bits per heavy atom. The molecule has 3 rings (SSSR count). The SMILES string of the molecule is CCCC[C@]1(CC)CSC2CCCCC2[C@@H](C2CCCCC2)[C@H]1O. The summed E-state index contributed by atoms with van der Waals surface area (Å²) in [4.78, 5) is 0. The lowest BCUT2D eigenvalue weighted by atomic mass is 9.61. The van der Waals surface area contributed by atoms with Crippen LogP contribution in [0.4, 0.5) is 0 Å². The van der Waals surface area contributed by atoms with Gasteiger partial charge in [0.2, 0.25) is 0 Å². The Bertz CT molecular complexity index is 378. The Morgan fingerprint density at radius 1 is 0.958 bits per heavy atom. The van der Waals surface area contributed by atoms with Crippen molar-refractivity contribution < 1.29 is 5.11 Å². The van der Waals surface area contributed by atoms with Gasteiger partial charge >= 0.3 is 0 Å². The highest BCUT2D eigenvalue weighted by Gasteiger charge is 2.50. The summed E-state index contributed by atoms with van der Waals surface area (Å²) >= 11 is 2.26. The van der Waals surface area contributed by atoms with Gasteiger partial charge in [-0.25, -0.2) is 0 Å². The molecule has 1 heterocycles. The van der Waals surface area contributed by atoms with E-state index in [1.54, 1.807) is 0 Å². The minimum atomic E-state index is -0.0438. The zero-order valence-corrected chi connectivity index (χ0v) is 17.0. The summed E-state index contributed by atoms with van der Waals surface area (Å²) in [5.74, 6) is 3.43. The van der Waals surface area contributed by atoms with Crippen molar-refractivity contribution in [3.63, 3.8) is 0 Å². The van der Waals surface area contributed by atoms with Gasteiger partial charge in [0.25, 0.3) is 0 Å². The molecule has 1 nitrogen and oxygen atoms in total. The van der Waals surface area contributed by atoms with Crippen LogP contribution < -0.4 is 0 Å². The standard InChI is InChI=1S/C22H40OS/c1-3-5-15-22(4-2)16-24-19-14-10-9-13-18(19)20(21(22)23)17-11-7-6-8-12-17/h17-21,23H,3-16H2,1-2H3/t18?,19?,20-,21-,22-/m1/s1. The van der Waals surface area contributed by atoms with Gasteiger partial charge < -0.3 is 5.11 Å². The van der Waals surface area contributed by atoms with Gasteiger partial charge in [-0.1, -0.05) is 71.6 Å². The van der Waals surface area contributed by atoms with Crippen LogP contribution >= 0.6 is 11.8 Å². The van der Waals surface area contributed by atoms with E-state index < -0.39 is 0 Å². The lowest BCUT2D eigenvalue weighted by molar-refractivity contribution is -0.0637. The van der Waals surface area contributed by atoms with Gasteiger partial charge in [-0.2, -0.15) is 11.8 Å². The highest BCUT2D eigenvalue weighted by atomic mass is 32.2. The van der Waals surface area contributed by atoms with Crippen molar-refractivity contribution in [2.75, 3.05) is 5.75 Å². The maximum atomic E-state index is 11.8. The zero-order chi connectivity index (χ0) is 17.0. The van der Waals surface area contributed by atoms with Crippen molar-refractivity contribution in [1.82, 2.24) is 0 Å². The third-order valence-corrected chi connectivity index (χ3v) is 9.51. The molecular formula is C22H40OS. The molecule has 1 N–H and O–H groups in total. The van der Waals surface area contributed by atoms with Crippen molar-refractivity contribution in [3.05, 3.63) is 0 Å². The third kappa shape index (κ3) is 3.85. The topological polar surface area (TPSA) is 20.2 Å². The van der Waals surface area contributed by atoms with Gasteiger partial charge in [0.05, 0.1) is 6.10 Å². The van der Waals surface area contributed by atoms with Crippen LogP contribution in [0, 0.1) is 23.2 Å². The van der Waals surface area contributed by atoms with E-state index in [1.165, 1.54) is 89.2 Å². The highest BCUT2D eigenvalue weighted by molar-refractivity contribution is 7.99. The largest absolute Gasteiger partial charge is 0.392 e. The molecule has 0 radical (unpaired) electrons. The fourth-order valence-electron chi connectivity index (χ4n) is 6.14. The molecule has 3 aliphatic rings. The summed E-state index contributed by atoms with van der Waals surface area (Å²) in [6, 6.07) is 0.